The summed E-state index contributed by atoms with van der Waals surface area (Å²) in [4.78, 5) is 8.70. The van der Waals surface area contributed by atoms with Gasteiger partial charge in [0.2, 0.25) is 11.8 Å². The van der Waals surface area contributed by atoms with Gasteiger partial charge < -0.3 is 14.8 Å². The van der Waals surface area contributed by atoms with Crippen LogP contribution in [0, 0.1) is 0 Å². The largest absolute Gasteiger partial charge is 0.480 e. The molecule has 0 radical (unpaired) electrons. The monoisotopic (exact) mass is 277 g/mol. The van der Waals surface area contributed by atoms with Gasteiger partial charge >= 0.3 is 0 Å². The summed E-state index contributed by atoms with van der Waals surface area (Å²) in [5.74, 6) is 0.863. The van der Waals surface area contributed by atoms with Crippen LogP contribution < -0.4 is 14.8 Å². The van der Waals surface area contributed by atoms with E-state index >= 15 is 0 Å². The number of methoxy groups -OCH3 is 2. The van der Waals surface area contributed by atoms with E-state index in [4.69, 9.17) is 9.47 Å². The summed E-state index contributed by atoms with van der Waals surface area (Å²) >= 11 is 0. The van der Waals surface area contributed by atoms with Gasteiger partial charge in [-0.3, -0.25) is 4.68 Å². The molecule has 0 aliphatic rings. The minimum Gasteiger partial charge on any atom is -0.480 e. The van der Waals surface area contributed by atoms with E-state index in [0.717, 1.165) is 12.2 Å². The quantitative estimate of drug-likeness (QED) is 0.846. The lowest BCUT2D eigenvalue weighted by Gasteiger charge is -2.19. The number of ether oxygens (including phenoxy) is 2. The minimum absolute atomic E-state index is 0.138. The zero-order chi connectivity index (χ0) is 14.5. The standard InChI is InChI=1S/C13H19N5O2/c1-5-14-11(9-6-7-16-18(9)2)12-13(20-4)17-10(19-3)8-15-12/h6-8,11,14H,5H2,1-4H3. The van der Waals surface area contributed by atoms with Gasteiger partial charge in [0.05, 0.1) is 32.2 Å². The molecule has 7 heteroatoms. The first-order valence-electron chi connectivity index (χ1n) is 6.37. The number of hydrogen-bond donors (Lipinski definition) is 1. The molecular weight excluding hydrogens is 258 g/mol. The van der Waals surface area contributed by atoms with Crippen LogP contribution in [-0.4, -0.2) is 40.5 Å². The van der Waals surface area contributed by atoms with E-state index in [2.05, 4.69) is 20.4 Å². The second kappa shape index (κ2) is 6.33. The molecule has 0 saturated carbocycles. The van der Waals surface area contributed by atoms with Crippen LogP contribution in [0.3, 0.4) is 0 Å². The van der Waals surface area contributed by atoms with Crippen molar-refractivity contribution < 1.29 is 9.47 Å². The van der Waals surface area contributed by atoms with Crippen LogP contribution >= 0.6 is 0 Å². The molecule has 2 aromatic heterocycles. The number of nitrogens with zero attached hydrogens (tertiary/aromatic N) is 4. The van der Waals surface area contributed by atoms with E-state index < -0.39 is 0 Å². The summed E-state index contributed by atoms with van der Waals surface area (Å²) < 4.78 is 12.2. The van der Waals surface area contributed by atoms with Crippen molar-refractivity contribution in [1.82, 2.24) is 25.1 Å². The second-order valence-electron chi connectivity index (χ2n) is 4.18. The fraction of sp³-hybridized carbons (Fsp3) is 0.462. The first-order valence-corrected chi connectivity index (χ1v) is 6.37. The topological polar surface area (TPSA) is 74.1 Å². The van der Waals surface area contributed by atoms with E-state index in [9.17, 15) is 0 Å². The zero-order valence-corrected chi connectivity index (χ0v) is 12.1. The molecule has 1 unspecified atom stereocenters. The molecule has 7 nitrogen and oxygen atoms in total. The molecule has 0 spiro atoms. The number of rotatable bonds is 6. The summed E-state index contributed by atoms with van der Waals surface area (Å²) in [5, 5.41) is 7.57. The second-order valence-corrected chi connectivity index (χ2v) is 4.18. The highest BCUT2D eigenvalue weighted by atomic mass is 16.5. The fourth-order valence-electron chi connectivity index (χ4n) is 2.03. The number of hydrogen-bond acceptors (Lipinski definition) is 6. The first-order chi connectivity index (χ1) is 9.71. The van der Waals surface area contributed by atoms with Gasteiger partial charge in [-0.15, -0.1) is 0 Å². The van der Waals surface area contributed by atoms with Crippen molar-refractivity contribution in [2.75, 3.05) is 20.8 Å². The lowest BCUT2D eigenvalue weighted by Crippen LogP contribution is -2.26. The third-order valence-corrected chi connectivity index (χ3v) is 2.98. The molecule has 1 atom stereocenters. The maximum Gasteiger partial charge on any atom is 0.240 e. The molecule has 0 fully saturated rings. The molecule has 20 heavy (non-hydrogen) atoms. The normalized spacial score (nSPS) is 12.2. The zero-order valence-electron chi connectivity index (χ0n) is 12.1. The molecule has 2 rings (SSSR count). The molecule has 2 heterocycles. The van der Waals surface area contributed by atoms with Crippen LogP contribution in [0.2, 0.25) is 0 Å². The van der Waals surface area contributed by atoms with Gasteiger partial charge in [-0.2, -0.15) is 10.1 Å². The van der Waals surface area contributed by atoms with Crippen molar-refractivity contribution in [2.45, 2.75) is 13.0 Å². The van der Waals surface area contributed by atoms with Gasteiger partial charge in [-0.1, -0.05) is 6.92 Å². The molecule has 0 amide bonds. The SMILES string of the molecule is CCNC(c1ncc(OC)nc1OC)c1ccnn1C. The van der Waals surface area contributed by atoms with Gasteiger partial charge in [-0.25, -0.2) is 4.98 Å². The lowest BCUT2D eigenvalue weighted by molar-refractivity contribution is 0.351. The smallest absolute Gasteiger partial charge is 0.240 e. The first kappa shape index (κ1) is 14.3. The highest BCUT2D eigenvalue weighted by molar-refractivity contribution is 5.31. The average Bonchev–Trinajstić information content (AvgIpc) is 2.90. The predicted octanol–water partition coefficient (Wildman–Crippen LogP) is 0.926. The number of nitrogens with one attached hydrogen (secondary N) is 1. The van der Waals surface area contributed by atoms with Crippen LogP contribution in [0.1, 0.15) is 24.4 Å². The van der Waals surface area contributed by atoms with Gasteiger partial charge in [0.25, 0.3) is 0 Å². The molecular formula is C13H19N5O2. The molecule has 2 aromatic rings. The van der Waals surface area contributed by atoms with Crippen molar-refractivity contribution in [3.63, 3.8) is 0 Å². The van der Waals surface area contributed by atoms with E-state index in [1.54, 1.807) is 31.3 Å². The summed E-state index contributed by atoms with van der Waals surface area (Å²) in [6.07, 6.45) is 3.33. The third kappa shape index (κ3) is 2.72. The molecule has 0 aliphatic heterocycles. The lowest BCUT2D eigenvalue weighted by atomic mass is 10.1. The maximum absolute atomic E-state index is 5.33. The molecule has 108 valence electrons. The Kier molecular flexibility index (Phi) is 4.52. The maximum atomic E-state index is 5.33. The van der Waals surface area contributed by atoms with Crippen molar-refractivity contribution >= 4 is 0 Å². The number of aromatic nitrogens is 4. The van der Waals surface area contributed by atoms with Gasteiger partial charge in [0.1, 0.15) is 5.69 Å². The fourth-order valence-corrected chi connectivity index (χ4v) is 2.03. The van der Waals surface area contributed by atoms with Crippen molar-refractivity contribution in [3.05, 3.63) is 29.8 Å². The van der Waals surface area contributed by atoms with Crippen LogP contribution in [0.15, 0.2) is 18.5 Å². The van der Waals surface area contributed by atoms with Crippen LogP contribution in [0.4, 0.5) is 0 Å². The summed E-state index contributed by atoms with van der Waals surface area (Å²) in [6, 6.07) is 1.81. The third-order valence-electron chi connectivity index (χ3n) is 2.98. The number of aryl methyl sites for hydroxylation is 1. The van der Waals surface area contributed by atoms with Gasteiger partial charge in [0.15, 0.2) is 0 Å². The average molecular weight is 277 g/mol. The Hall–Kier alpha value is -2.15. The van der Waals surface area contributed by atoms with Crippen molar-refractivity contribution in [3.8, 4) is 11.8 Å². The van der Waals surface area contributed by atoms with Crippen molar-refractivity contribution in [2.24, 2.45) is 7.05 Å². The summed E-state index contributed by atoms with van der Waals surface area (Å²) in [5.41, 5.74) is 1.70. The Morgan fingerprint density at radius 2 is 2.15 bits per heavy atom. The Labute approximate surface area is 118 Å². The van der Waals surface area contributed by atoms with Crippen LogP contribution in [-0.2, 0) is 7.05 Å². The summed E-state index contributed by atoms with van der Waals surface area (Å²) in [7, 11) is 5.01. The Balaban J connectivity index is 2.46. The van der Waals surface area contributed by atoms with Gasteiger partial charge in [0, 0.05) is 13.2 Å². The molecule has 0 bridgehead atoms. The van der Waals surface area contributed by atoms with Crippen molar-refractivity contribution in [1.29, 1.82) is 0 Å². The van der Waals surface area contributed by atoms with E-state index in [-0.39, 0.29) is 6.04 Å². The molecule has 0 aliphatic carbocycles. The molecule has 0 saturated heterocycles. The molecule has 1 N–H and O–H groups in total. The van der Waals surface area contributed by atoms with Gasteiger partial charge in [-0.05, 0) is 12.6 Å². The van der Waals surface area contributed by atoms with Crippen LogP contribution in [0.5, 0.6) is 11.8 Å². The summed E-state index contributed by atoms with van der Waals surface area (Å²) in [6.45, 7) is 2.82. The Morgan fingerprint density at radius 3 is 2.70 bits per heavy atom. The highest BCUT2D eigenvalue weighted by Crippen LogP contribution is 2.27. The van der Waals surface area contributed by atoms with Crippen LogP contribution in [0.25, 0.3) is 0 Å². The molecule has 0 aromatic carbocycles. The minimum atomic E-state index is -0.138. The Bertz CT molecular complexity index is 570. The highest BCUT2D eigenvalue weighted by Gasteiger charge is 2.23. The van der Waals surface area contributed by atoms with E-state index in [1.165, 1.54) is 0 Å². The van der Waals surface area contributed by atoms with E-state index in [1.807, 2.05) is 20.0 Å². The Morgan fingerprint density at radius 1 is 1.35 bits per heavy atom. The van der Waals surface area contributed by atoms with E-state index in [0.29, 0.717) is 17.5 Å². The predicted molar refractivity (Wildman–Crippen MR) is 73.9 cm³/mol.